The van der Waals surface area contributed by atoms with Crippen molar-refractivity contribution in [3.63, 3.8) is 0 Å². The highest BCUT2D eigenvalue weighted by atomic mass is 35.5. The van der Waals surface area contributed by atoms with Gasteiger partial charge in [-0.05, 0) is 43.4 Å². The fourth-order valence-electron chi connectivity index (χ4n) is 2.60. The molecule has 8 heteroatoms. The summed E-state index contributed by atoms with van der Waals surface area (Å²) in [6.45, 7) is 1.73. The molecule has 0 fully saturated rings. The van der Waals surface area contributed by atoms with Crippen molar-refractivity contribution in [2.75, 3.05) is 34.4 Å². The molecule has 28 heavy (non-hydrogen) atoms. The second-order valence-corrected chi connectivity index (χ2v) is 6.56. The lowest BCUT2D eigenvalue weighted by atomic mass is 10.2. The number of likely N-dealkylation sites (N-methyl/N-ethyl adjacent to an activating group) is 1. The van der Waals surface area contributed by atoms with Crippen LogP contribution in [0.15, 0.2) is 47.0 Å². The van der Waals surface area contributed by atoms with Crippen molar-refractivity contribution in [1.82, 2.24) is 15.0 Å². The van der Waals surface area contributed by atoms with E-state index < -0.39 is 0 Å². The summed E-state index contributed by atoms with van der Waals surface area (Å²) in [6.07, 6.45) is 0. The molecule has 3 aromatic rings. The Morgan fingerprint density at radius 3 is 2.64 bits per heavy atom. The number of methoxy groups -OCH3 is 2. The van der Waals surface area contributed by atoms with Gasteiger partial charge in [0.2, 0.25) is 11.7 Å². The third-order valence-corrected chi connectivity index (χ3v) is 4.29. The molecule has 0 N–H and O–H groups in total. The molecule has 0 bridgehead atoms. The number of ether oxygens (including phenoxy) is 3. The summed E-state index contributed by atoms with van der Waals surface area (Å²) >= 11 is 5.95. The zero-order valence-corrected chi connectivity index (χ0v) is 16.8. The molecule has 0 spiro atoms. The third kappa shape index (κ3) is 5.15. The summed E-state index contributed by atoms with van der Waals surface area (Å²) in [5.41, 5.74) is 0.791. The summed E-state index contributed by atoms with van der Waals surface area (Å²) in [5.74, 6) is 3.03. The molecule has 1 heterocycles. The van der Waals surface area contributed by atoms with Crippen LogP contribution >= 0.6 is 11.6 Å². The quantitative estimate of drug-likeness (QED) is 0.536. The molecule has 0 atom stereocenters. The van der Waals surface area contributed by atoms with E-state index in [-0.39, 0.29) is 0 Å². The van der Waals surface area contributed by atoms with Crippen LogP contribution in [0.4, 0.5) is 0 Å². The van der Waals surface area contributed by atoms with Crippen molar-refractivity contribution in [3.05, 3.63) is 53.4 Å². The topological polar surface area (TPSA) is 69.9 Å². The SMILES string of the molecule is COc1ccc(-c2noc(CN(C)CCOc3cccc(Cl)c3)n2)cc1OC. The van der Waals surface area contributed by atoms with E-state index in [1.807, 2.05) is 48.3 Å². The predicted molar refractivity (Wildman–Crippen MR) is 106 cm³/mol. The van der Waals surface area contributed by atoms with E-state index in [0.29, 0.717) is 47.9 Å². The first-order valence-corrected chi connectivity index (χ1v) is 9.08. The minimum atomic E-state index is 0.500. The molecule has 0 aliphatic carbocycles. The monoisotopic (exact) mass is 403 g/mol. The molecule has 0 amide bonds. The van der Waals surface area contributed by atoms with Crippen molar-refractivity contribution in [3.8, 4) is 28.6 Å². The van der Waals surface area contributed by atoms with Gasteiger partial charge in [0.1, 0.15) is 12.4 Å². The van der Waals surface area contributed by atoms with Gasteiger partial charge in [0.15, 0.2) is 11.5 Å². The fourth-order valence-corrected chi connectivity index (χ4v) is 2.78. The standard InChI is InChI=1S/C20H22ClN3O4/c1-24(9-10-27-16-6-4-5-15(21)12-16)13-19-22-20(23-28-19)14-7-8-17(25-2)18(11-14)26-3/h4-8,11-12H,9-10,13H2,1-3H3. The van der Waals surface area contributed by atoms with Crippen LogP contribution in [0.1, 0.15) is 5.89 Å². The molecule has 148 valence electrons. The van der Waals surface area contributed by atoms with E-state index in [9.17, 15) is 0 Å². The molecule has 2 aromatic carbocycles. The normalized spacial score (nSPS) is 10.9. The number of rotatable bonds is 9. The highest BCUT2D eigenvalue weighted by Crippen LogP contribution is 2.31. The van der Waals surface area contributed by atoms with Gasteiger partial charge in [0.25, 0.3) is 0 Å². The number of hydrogen-bond donors (Lipinski definition) is 0. The highest BCUT2D eigenvalue weighted by molar-refractivity contribution is 6.30. The number of halogens is 1. The molecule has 0 saturated heterocycles. The van der Waals surface area contributed by atoms with Gasteiger partial charge in [0, 0.05) is 17.1 Å². The van der Waals surface area contributed by atoms with Crippen molar-refractivity contribution >= 4 is 11.6 Å². The van der Waals surface area contributed by atoms with Crippen LogP contribution in [0.3, 0.4) is 0 Å². The zero-order valence-electron chi connectivity index (χ0n) is 16.0. The Balaban J connectivity index is 1.55. The lowest BCUT2D eigenvalue weighted by molar-refractivity contribution is 0.213. The van der Waals surface area contributed by atoms with Crippen LogP contribution in [-0.4, -0.2) is 49.5 Å². The first-order chi connectivity index (χ1) is 13.6. The summed E-state index contributed by atoms with van der Waals surface area (Å²) in [5, 5.41) is 4.71. The maximum Gasteiger partial charge on any atom is 0.241 e. The van der Waals surface area contributed by atoms with Gasteiger partial charge in [-0.1, -0.05) is 22.8 Å². The van der Waals surface area contributed by atoms with Gasteiger partial charge in [-0.25, -0.2) is 0 Å². The number of benzene rings is 2. The Morgan fingerprint density at radius 1 is 1.07 bits per heavy atom. The second kappa shape index (κ2) is 9.43. The van der Waals surface area contributed by atoms with Gasteiger partial charge in [-0.2, -0.15) is 4.98 Å². The summed E-state index contributed by atoms with van der Waals surface area (Å²) in [4.78, 5) is 6.49. The van der Waals surface area contributed by atoms with E-state index in [1.54, 1.807) is 20.3 Å². The molecule has 0 saturated carbocycles. The van der Waals surface area contributed by atoms with Crippen LogP contribution in [0.2, 0.25) is 5.02 Å². The second-order valence-electron chi connectivity index (χ2n) is 6.13. The lowest BCUT2D eigenvalue weighted by Gasteiger charge is -2.14. The molecule has 0 radical (unpaired) electrons. The number of nitrogens with zero attached hydrogens (tertiary/aromatic N) is 3. The van der Waals surface area contributed by atoms with Crippen molar-refractivity contribution < 1.29 is 18.7 Å². The average Bonchev–Trinajstić information content (AvgIpc) is 3.16. The summed E-state index contributed by atoms with van der Waals surface area (Å²) in [7, 11) is 5.14. The zero-order chi connectivity index (χ0) is 19.9. The van der Waals surface area contributed by atoms with E-state index in [2.05, 4.69) is 10.1 Å². The van der Waals surface area contributed by atoms with Crippen LogP contribution in [-0.2, 0) is 6.54 Å². The Kier molecular flexibility index (Phi) is 6.73. The lowest BCUT2D eigenvalue weighted by Crippen LogP contribution is -2.24. The smallest absolute Gasteiger partial charge is 0.241 e. The Labute approximate surface area is 168 Å². The van der Waals surface area contributed by atoms with Gasteiger partial charge in [-0.15, -0.1) is 0 Å². The van der Waals surface area contributed by atoms with Crippen LogP contribution in [0.25, 0.3) is 11.4 Å². The number of hydrogen-bond acceptors (Lipinski definition) is 7. The average molecular weight is 404 g/mol. The van der Waals surface area contributed by atoms with Gasteiger partial charge in [-0.3, -0.25) is 4.90 Å². The Hall–Kier alpha value is -2.77. The molecule has 0 aliphatic heterocycles. The summed E-state index contributed by atoms with van der Waals surface area (Å²) < 4.78 is 21.6. The molecular formula is C20H22ClN3O4. The highest BCUT2D eigenvalue weighted by Gasteiger charge is 2.13. The molecule has 3 rings (SSSR count). The maximum atomic E-state index is 5.95. The Bertz CT molecular complexity index is 916. The minimum Gasteiger partial charge on any atom is -0.493 e. The van der Waals surface area contributed by atoms with Crippen molar-refractivity contribution in [2.45, 2.75) is 6.54 Å². The van der Waals surface area contributed by atoms with E-state index >= 15 is 0 Å². The third-order valence-electron chi connectivity index (χ3n) is 4.05. The molecule has 0 unspecified atom stereocenters. The van der Waals surface area contributed by atoms with Crippen LogP contribution < -0.4 is 14.2 Å². The first kappa shape index (κ1) is 20.0. The van der Waals surface area contributed by atoms with Gasteiger partial charge in [0.05, 0.1) is 20.8 Å². The fraction of sp³-hybridized carbons (Fsp3) is 0.300. The van der Waals surface area contributed by atoms with Crippen LogP contribution in [0.5, 0.6) is 17.2 Å². The van der Waals surface area contributed by atoms with E-state index in [1.165, 1.54) is 0 Å². The molecule has 1 aromatic heterocycles. The van der Waals surface area contributed by atoms with Gasteiger partial charge < -0.3 is 18.7 Å². The number of aromatic nitrogens is 2. The predicted octanol–water partition coefficient (Wildman–Crippen LogP) is 3.92. The van der Waals surface area contributed by atoms with Gasteiger partial charge >= 0.3 is 0 Å². The summed E-state index contributed by atoms with van der Waals surface area (Å²) in [6, 6.07) is 12.8. The molecule has 7 nitrogen and oxygen atoms in total. The van der Waals surface area contributed by atoms with Crippen molar-refractivity contribution in [2.24, 2.45) is 0 Å². The Morgan fingerprint density at radius 2 is 1.89 bits per heavy atom. The molecule has 0 aliphatic rings. The first-order valence-electron chi connectivity index (χ1n) is 8.71. The minimum absolute atomic E-state index is 0.500. The maximum absolute atomic E-state index is 5.95. The largest absolute Gasteiger partial charge is 0.493 e. The van der Waals surface area contributed by atoms with E-state index in [0.717, 1.165) is 11.3 Å². The van der Waals surface area contributed by atoms with Crippen molar-refractivity contribution in [1.29, 1.82) is 0 Å². The van der Waals surface area contributed by atoms with Crippen LogP contribution in [0, 0.1) is 0 Å². The molecular weight excluding hydrogens is 382 g/mol. The van der Waals surface area contributed by atoms with E-state index in [4.69, 9.17) is 30.3 Å².